The highest BCUT2D eigenvalue weighted by molar-refractivity contribution is 14.0. The van der Waals surface area contributed by atoms with Crippen molar-refractivity contribution < 1.29 is 4.74 Å². The Morgan fingerprint density at radius 2 is 1.93 bits per heavy atom. The van der Waals surface area contributed by atoms with E-state index in [1.54, 1.807) is 26.3 Å². The minimum atomic E-state index is 0. The van der Waals surface area contributed by atoms with E-state index in [-0.39, 0.29) is 29.5 Å². The van der Waals surface area contributed by atoms with Gasteiger partial charge < -0.3 is 19.5 Å². The molecule has 0 aliphatic rings. The number of unbranched alkanes of at least 4 members (excludes halogenated alkanes) is 1. The van der Waals surface area contributed by atoms with Gasteiger partial charge in [-0.2, -0.15) is 0 Å². The summed E-state index contributed by atoms with van der Waals surface area (Å²) in [6, 6.07) is 13.4. The van der Waals surface area contributed by atoms with Gasteiger partial charge >= 0.3 is 0 Å². The van der Waals surface area contributed by atoms with Gasteiger partial charge in [0.2, 0.25) is 0 Å². The molecule has 0 bridgehead atoms. The Labute approximate surface area is 184 Å². The van der Waals surface area contributed by atoms with Crippen molar-refractivity contribution in [1.82, 2.24) is 14.8 Å². The normalized spacial score (nSPS) is 10.9. The van der Waals surface area contributed by atoms with E-state index in [2.05, 4.69) is 21.3 Å². The van der Waals surface area contributed by atoms with Gasteiger partial charge in [-0.1, -0.05) is 24.3 Å². The Morgan fingerprint density at radius 3 is 2.61 bits per heavy atom. The fourth-order valence-corrected chi connectivity index (χ4v) is 3.05. The van der Waals surface area contributed by atoms with E-state index < -0.39 is 0 Å². The number of benzene rings is 1. The van der Waals surface area contributed by atoms with Gasteiger partial charge in [0.25, 0.3) is 5.56 Å². The fraction of sp³-hybridized carbons (Fsp3) is 0.429. The van der Waals surface area contributed by atoms with Gasteiger partial charge in [-0.25, -0.2) is 0 Å². The highest BCUT2D eigenvalue weighted by Gasteiger charge is 2.09. The summed E-state index contributed by atoms with van der Waals surface area (Å²) in [7, 11) is 5.48. The van der Waals surface area contributed by atoms with E-state index in [1.807, 2.05) is 42.8 Å². The highest BCUT2D eigenvalue weighted by atomic mass is 127. The number of guanidine groups is 1. The number of para-hydroxylation sites is 1. The molecule has 0 radical (unpaired) electrons. The van der Waals surface area contributed by atoms with Crippen LogP contribution in [0.5, 0.6) is 5.75 Å². The number of ether oxygens (including phenoxy) is 1. The molecule has 0 spiro atoms. The molecule has 1 heterocycles. The van der Waals surface area contributed by atoms with Crippen LogP contribution in [0.1, 0.15) is 24.1 Å². The van der Waals surface area contributed by atoms with E-state index in [0.29, 0.717) is 6.54 Å². The first-order valence-electron chi connectivity index (χ1n) is 9.27. The summed E-state index contributed by atoms with van der Waals surface area (Å²) < 4.78 is 7.24. The molecule has 0 atom stereocenters. The van der Waals surface area contributed by atoms with Crippen LogP contribution >= 0.6 is 24.0 Å². The summed E-state index contributed by atoms with van der Waals surface area (Å²) in [5.74, 6) is 1.72. The summed E-state index contributed by atoms with van der Waals surface area (Å²) in [5, 5.41) is 3.39. The summed E-state index contributed by atoms with van der Waals surface area (Å²) in [6.45, 7) is 4.23. The van der Waals surface area contributed by atoms with Crippen molar-refractivity contribution in [3.63, 3.8) is 0 Å². The molecule has 1 N–H and O–H groups in total. The third kappa shape index (κ3) is 6.85. The second-order valence-electron chi connectivity index (χ2n) is 6.51. The maximum Gasteiger partial charge on any atom is 0.250 e. The fourth-order valence-electron chi connectivity index (χ4n) is 3.05. The molecule has 2 aromatic rings. The van der Waals surface area contributed by atoms with Crippen molar-refractivity contribution >= 4 is 29.9 Å². The zero-order chi connectivity index (χ0) is 19.6. The highest BCUT2D eigenvalue weighted by Crippen LogP contribution is 2.18. The smallest absolute Gasteiger partial charge is 0.250 e. The summed E-state index contributed by atoms with van der Waals surface area (Å²) in [4.78, 5) is 18.3. The SMILES string of the molecule is CN=C(NCCCCn1c(C)cccc1=O)N(C)Cc1ccccc1OC.I. The molecule has 7 heteroatoms. The van der Waals surface area contributed by atoms with Gasteiger partial charge in [0.1, 0.15) is 5.75 Å². The minimum absolute atomic E-state index is 0. The first-order valence-corrected chi connectivity index (χ1v) is 9.27. The van der Waals surface area contributed by atoms with Gasteiger partial charge in [0.15, 0.2) is 5.96 Å². The van der Waals surface area contributed by atoms with E-state index >= 15 is 0 Å². The van der Waals surface area contributed by atoms with Crippen molar-refractivity contribution in [2.75, 3.05) is 27.7 Å². The zero-order valence-corrected chi connectivity index (χ0v) is 19.5. The monoisotopic (exact) mass is 498 g/mol. The molecular weight excluding hydrogens is 467 g/mol. The first kappa shape index (κ1) is 24.0. The second-order valence-corrected chi connectivity index (χ2v) is 6.51. The number of aryl methyl sites for hydroxylation is 1. The van der Waals surface area contributed by atoms with Crippen LogP contribution in [0, 0.1) is 6.92 Å². The second kappa shape index (κ2) is 12.4. The standard InChI is InChI=1S/C21H30N4O2.HI/c1-17-10-9-13-20(26)25(17)15-8-7-14-23-21(22-2)24(3)16-18-11-5-6-12-19(18)27-4;/h5-6,9-13H,7-8,14-16H2,1-4H3,(H,22,23);1H. The molecule has 0 amide bonds. The molecule has 1 aromatic heterocycles. The lowest BCUT2D eigenvalue weighted by atomic mass is 10.2. The average Bonchev–Trinajstić information content (AvgIpc) is 2.67. The molecule has 28 heavy (non-hydrogen) atoms. The van der Waals surface area contributed by atoms with Crippen LogP contribution in [0.4, 0.5) is 0 Å². The first-order chi connectivity index (χ1) is 13.1. The van der Waals surface area contributed by atoms with Crippen LogP contribution in [0.15, 0.2) is 52.3 Å². The lowest BCUT2D eigenvalue weighted by Crippen LogP contribution is -2.39. The lowest BCUT2D eigenvalue weighted by Gasteiger charge is -2.23. The van der Waals surface area contributed by atoms with E-state index in [0.717, 1.165) is 48.9 Å². The number of nitrogens with one attached hydrogen (secondary N) is 1. The Balaban J connectivity index is 0.00000392. The third-order valence-electron chi connectivity index (χ3n) is 4.53. The molecular formula is C21H31IN4O2. The van der Waals surface area contributed by atoms with Crippen molar-refractivity contribution in [1.29, 1.82) is 0 Å². The van der Waals surface area contributed by atoms with Crippen LogP contribution in [0.3, 0.4) is 0 Å². The molecule has 2 rings (SSSR count). The summed E-state index contributed by atoms with van der Waals surface area (Å²) >= 11 is 0. The van der Waals surface area contributed by atoms with Crippen molar-refractivity contribution in [2.24, 2.45) is 4.99 Å². The van der Waals surface area contributed by atoms with Gasteiger partial charge in [-0.05, 0) is 31.9 Å². The van der Waals surface area contributed by atoms with Crippen LogP contribution in [-0.2, 0) is 13.1 Å². The molecule has 154 valence electrons. The number of hydrogen-bond donors (Lipinski definition) is 1. The van der Waals surface area contributed by atoms with Crippen molar-refractivity contribution in [3.8, 4) is 5.75 Å². The number of aromatic nitrogens is 1. The van der Waals surface area contributed by atoms with Crippen molar-refractivity contribution in [2.45, 2.75) is 32.9 Å². The largest absolute Gasteiger partial charge is 0.496 e. The third-order valence-corrected chi connectivity index (χ3v) is 4.53. The predicted octanol–water partition coefficient (Wildman–Crippen LogP) is 3.27. The Hall–Kier alpha value is -2.03. The molecule has 1 aromatic carbocycles. The van der Waals surface area contributed by atoms with E-state index in [1.165, 1.54) is 0 Å². The number of nitrogens with zero attached hydrogens (tertiary/aromatic N) is 3. The molecule has 0 fully saturated rings. The number of pyridine rings is 1. The molecule has 0 aliphatic heterocycles. The Bertz CT molecular complexity index is 820. The molecule has 0 aliphatic carbocycles. The van der Waals surface area contributed by atoms with Crippen LogP contribution in [0.2, 0.25) is 0 Å². The molecule has 0 saturated heterocycles. The topological polar surface area (TPSA) is 58.9 Å². The number of aliphatic imine (C=N–C) groups is 1. The molecule has 0 saturated carbocycles. The summed E-state index contributed by atoms with van der Waals surface area (Å²) in [6.07, 6.45) is 1.90. The van der Waals surface area contributed by atoms with Crippen LogP contribution in [0.25, 0.3) is 0 Å². The van der Waals surface area contributed by atoms with E-state index in [4.69, 9.17) is 4.74 Å². The molecule has 0 unspecified atom stereocenters. The number of rotatable bonds is 8. The van der Waals surface area contributed by atoms with Crippen LogP contribution in [-0.4, -0.2) is 43.2 Å². The quantitative estimate of drug-likeness (QED) is 0.263. The van der Waals surface area contributed by atoms with Gasteiger partial charge in [0, 0.05) is 51.1 Å². The number of halogens is 1. The average molecular weight is 498 g/mol. The number of methoxy groups -OCH3 is 1. The van der Waals surface area contributed by atoms with Gasteiger partial charge in [0.05, 0.1) is 7.11 Å². The zero-order valence-electron chi connectivity index (χ0n) is 17.1. The van der Waals surface area contributed by atoms with Gasteiger partial charge in [-0.15, -0.1) is 24.0 Å². The van der Waals surface area contributed by atoms with Crippen molar-refractivity contribution in [3.05, 3.63) is 64.1 Å². The lowest BCUT2D eigenvalue weighted by molar-refractivity contribution is 0.396. The molecule has 6 nitrogen and oxygen atoms in total. The minimum Gasteiger partial charge on any atom is -0.496 e. The Morgan fingerprint density at radius 1 is 1.18 bits per heavy atom. The maximum absolute atomic E-state index is 11.9. The Kier molecular flexibility index (Phi) is 10.7. The van der Waals surface area contributed by atoms with Gasteiger partial charge in [-0.3, -0.25) is 9.79 Å². The number of hydrogen-bond acceptors (Lipinski definition) is 3. The van der Waals surface area contributed by atoms with Crippen LogP contribution < -0.4 is 15.6 Å². The summed E-state index contributed by atoms with van der Waals surface area (Å²) in [5.41, 5.74) is 2.18. The predicted molar refractivity (Wildman–Crippen MR) is 126 cm³/mol. The maximum atomic E-state index is 11.9. The van der Waals surface area contributed by atoms with E-state index in [9.17, 15) is 4.79 Å².